The van der Waals surface area contributed by atoms with Crippen molar-refractivity contribution < 1.29 is 33.4 Å². The van der Waals surface area contributed by atoms with E-state index >= 15 is 0 Å². The van der Waals surface area contributed by atoms with Gasteiger partial charge in [-0.15, -0.1) is 0 Å². The summed E-state index contributed by atoms with van der Waals surface area (Å²) in [6.45, 7) is 1.93. The normalized spacial score (nSPS) is 18.0. The number of hydrogen-bond acceptors (Lipinski definition) is 10. The number of carbonyl (C=O) groups is 4. The minimum Gasteiger partial charge on any atom is -0.488 e. The Bertz CT molecular complexity index is 2970. The van der Waals surface area contributed by atoms with Gasteiger partial charge in [0.1, 0.15) is 35.6 Å². The molecule has 0 radical (unpaired) electrons. The second-order valence-electron chi connectivity index (χ2n) is 17.3. The lowest BCUT2D eigenvalue weighted by Gasteiger charge is -2.35. The number of aromatic nitrogens is 4. The van der Waals surface area contributed by atoms with Gasteiger partial charge in [-0.25, -0.2) is 19.6 Å². The van der Waals surface area contributed by atoms with Crippen LogP contribution in [0.5, 0.6) is 5.75 Å². The number of imidazole rings is 2. The lowest BCUT2D eigenvalue weighted by molar-refractivity contribution is -0.134. The molecule has 15 nitrogen and oxygen atoms in total. The molecule has 15 heteroatoms. The second kappa shape index (κ2) is 18.2. The van der Waals surface area contributed by atoms with E-state index in [9.17, 15) is 19.2 Å². The number of hydrogen-bond donors (Lipinski definition) is 4. The molecule has 2 unspecified atom stereocenters. The fourth-order valence-electron chi connectivity index (χ4n) is 9.98. The third-order valence-corrected chi connectivity index (χ3v) is 13.4. The summed E-state index contributed by atoms with van der Waals surface area (Å²) in [6.07, 6.45) is 6.41. The first-order valence-electron chi connectivity index (χ1n) is 22.5. The van der Waals surface area contributed by atoms with Crippen molar-refractivity contribution in [3.05, 3.63) is 150 Å². The zero-order valence-corrected chi connectivity index (χ0v) is 37.2. The first-order chi connectivity index (χ1) is 32.7. The number of fused-ring (bicyclic) bond motifs is 5. The summed E-state index contributed by atoms with van der Waals surface area (Å²) in [5.41, 5.74) is 6.85. The van der Waals surface area contributed by atoms with Gasteiger partial charge < -0.3 is 44.5 Å². The number of aldehydes is 1. The molecule has 5 aromatic carbocycles. The van der Waals surface area contributed by atoms with Crippen LogP contribution >= 0.6 is 0 Å². The van der Waals surface area contributed by atoms with Crippen molar-refractivity contribution in [2.24, 2.45) is 0 Å². The largest absolute Gasteiger partial charge is 0.488 e. The van der Waals surface area contributed by atoms with E-state index in [1.54, 1.807) is 4.90 Å². The Kier molecular flexibility index (Phi) is 11.7. The summed E-state index contributed by atoms with van der Waals surface area (Å²) in [5, 5.41) is 7.58. The maximum absolute atomic E-state index is 14.0. The van der Waals surface area contributed by atoms with Crippen LogP contribution in [0.4, 0.5) is 9.59 Å². The Morgan fingerprint density at radius 2 is 1.45 bits per heavy atom. The van der Waals surface area contributed by atoms with E-state index in [4.69, 9.17) is 24.2 Å². The predicted molar refractivity (Wildman–Crippen MR) is 251 cm³/mol. The van der Waals surface area contributed by atoms with Gasteiger partial charge in [-0.1, -0.05) is 91.0 Å². The van der Waals surface area contributed by atoms with Crippen LogP contribution in [0.2, 0.25) is 0 Å². The molecule has 3 aliphatic heterocycles. The van der Waals surface area contributed by atoms with Crippen LogP contribution in [-0.4, -0.2) is 88.0 Å². The monoisotopic (exact) mass is 898 g/mol. The molecule has 0 bridgehead atoms. The van der Waals surface area contributed by atoms with E-state index in [1.165, 1.54) is 14.2 Å². The molecule has 5 heterocycles. The quantitative estimate of drug-likeness (QED) is 0.0868. The van der Waals surface area contributed by atoms with Gasteiger partial charge >= 0.3 is 12.2 Å². The summed E-state index contributed by atoms with van der Waals surface area (Å²) in [5.74, 6) is 2.10. The molecule has 2 saturated heterocycles. The second-order valence-corrected chi connectivity index (χ2v) is 17.3. The minimum atomic E-state index is -1.30. The van der Waals surface area contributed by atoms with Crippen molar-refractivity contribution >= 4 is 35.2 Å². The number of alkyl carbamates (subject to hydrolysis) is 2. The van der Waals surface area contributed by atoms with Gasteiger partial charge in [-0.3, -0.25) is 9.69 Å². The van der Waals surface area contributed by atoms with Crippen molar-refractivity contribution in [2.75, 3.05) is 33.9 Å². The zero-order chi connectivity index (χ0) is 46.1. The molecule has 10 rings (SSSR count). The molecular formula is C52H50N8O7. The molecule has 0 saturated carbocycles. The van der Waals surface area contributed by atoms with Gasteiger partial charge in [0.15, 0.2) is 6.29 Å². The van der Waals surface area contributed by atoms with Gasteiger partial charge in [0, 0.05) is 29.6 Å². The van der Waals surface area contributed by atoms with Crippen molar-refractivity contribution in [1.82, 2.24) is 40.4 Å². The number of benzene rings is 5. The smallest absolute Gasteiger partial charge is 0.407 e. The van der Waals surface area contributed by atoms with E-state index in [-0.39, 0.29) is 24.5 Å². The maximum atomic E-state index is 14.0. The zero-order valence-electron chi connectivity index (χ0n) is 37.2. The van der Waals surface area contributed by atoms with Gasteiger partial charge in [0.2, 0.25) is 0 Å². The van der Waals surface area contributed by atoms with Gasteiger partial charge in [-0.2, -0.15) is 0 Å². The summed E-state index contributed by atoms with van der Waals surface area (Å²) in [6, 6.07) is 34.1. The number of aromatic amines is 2. The van der Waals surface area contributed by atoms with Crippen LogP contribution in [0, 0.1) is 0 Å². The molecule has 0 aliphatic carbocycles. The number of H-pyrrole nitrogens is 2. The van der Waals surface area contributed by atoms with Crippen LogP contribution in [0.1, 0.15) is 72.1 Å². The summed E-state index contributed by atoms with van der Waals surface area (Å²) >= 11 is 0. The number of rotatable bonds is 12. The van der Waals surface area contributed by atoms with Gasteiger partial charge in [0.05, 0.1) is 50.1 Å². The average Bonchev–Trinajstić information content (AvgIpc) is 4.23. The number of carbonyl (C=O) groups excluding carboxylic acids is 4. The molecule has 4 atom stereocenters. The lowest BCUT2D eigenvalue weighted by Crippen LogP contribution is -2.54. The Hall–Kier alpha value is -7.78. The SMILES string of the molecule is COC(=O)NC(C(=O)N1CCC[C@H]1c1ncc(-c2ccc3c(c2)COc2c-3ccc3cc(-c4cnc([C@@H]5CCCN5CC(C=O)(NC(=O)OC)c5ccccc5)[nH]4)ccc23)[nH]1)c1ccccc1. The Morgan fingerprint density at radius 3 is 2.18 bits per heavy atom. The lowest BCUT2D eigenvalue weighted by atomic mass is 9.90. The Balaban J connectivity index is 0.854. The van der Waals surface area contributed by atoms with Crippen LogP contribution in [-0.2, 0) is 31.2 Å². The van der Waals surface area contributed by atoms with E-state index in [1.807, 2.05) is 73.1 Å². The topological polar surface area (TPSA) is 184 Å². The number of methoxy groups -OCH3 is 2. The van der Waals surface area contributed by atoms with Crippen LogP contribution < -0.4 is 15.4 Å². The van der Waals surface area contributed by atoms with E-state index in [0.29, 0.717) is 30.1 Å². The first-order valence-corrected chi connectivity index (χ1v) is 22.5. The molecule has 340 valence electrons. The molecule has 7 aromatic rings. The molecule has 3 aliphatic rings. The summed E-state index contributed by atoms with van der Waals surface area (Å²) < 4.78 is 16.3. The Labute approximate surface area is 386 Å². The van der Waals surface area contributed by atoms with Gasteiger partial charge in [0.25, 0.3) is 5.91 Å². The first kappa shape index (κ1) is 43.1. The standard InChI is InChI=1S/C52H50N8O7/c1-65-50(63)57-45(32-11-5-3-6-12-32)49(62)60-24-10-16-44(60)48-54-28-42(56-48)35-18-20-38-36(26-35)29-67-46-39-21-19-34(25-33(39)17-22-40(38)46)41-27-53-47(55-41)43-15-9-23-59(43)30-52(31-61,58-51(64)66-2)37-13-7-4-8-14-37/h3-8,11-14,17-22,25-28,31,43-45H,9-10,15-16,23-24,29-30H2,1-2H3,(H,53,55)(H,54,56)(H,57,63)(H,58,64)/t43-,44-,45?,52?/m0/s1. The van der Waals surface area contributed by atoms with Crippen molar-refractivity contribution in [3.63, 3.8) is 0 Å². The van der Waals surface area contributed by atoms with Crippen molar-refractivity contribution in [3.8, 4) is 39.4 Å². The molecule has 4 N–H and O–H groups in total. The third-order valence-electron chi connectivity index (χ3n) is 13.4. The number of nitrogens with one attached hydrogen (secondary N) is 4. The third kappa shape index (κ3) is 8.26. The molecule has 2 fully saturated rings. The fourth-order valence-corrected chi connectivity index (χ4v) is 9.98. The fraction of sp³-hybridized carbons (Fsp3) is 0.269. The number of likely N-dealkylation sites (tertiary alicyclic amines) is 2. The number of nitrogens with zero attached hydrogens (tertiary/aromatic N) is 4. The number of amides is 3. The van der Waals surface area contributed by atoms with Crippen molar-refractivity contribution in [1.29, 1.82) is 0 Å². The predicted octanol–water partition coefficient (Wildman–Crippen LogP) is 8.53. The molecule has 3 amide bonds. The highest BCUT2D eigenvalue weighted by Crippen LogP contribution is 2.44. The highest BCUT2D eigenvalue weighted by molar-refractivity contribution is 5.98. The highest BCUT2D eigenvalue weighted by atomic mass is 16.5. The highest BCUT2D eigenvalue weighted by Gasteiger charge is 2.41. The molecular weight excluding hydrogens is 849 g/mol. The van der Waals surface area contributed by atoms with Crippen LogP contribution in [0.15, 0.2) is 122 Å². The van der Waals surface area contributed by atoms with Crippen LogP contribution in [0.25, 0.3) is 44.4 Å². The van der Waals surface area contributed by atoms with E-state index in [0.717, 1.165) is 100 Å². The van der Waals surface area contributed by atoms with Crippen LogP contribution in [0.3, 0.4) is 0 Å². The Morgan fingerprint density at radius 1 is 0.791 bits per heavy atom. The summed E-state index contributed by atoms with van der Waals surface area (Å²) in [4.78, 5) is 72.3. The maximum Gasteiger partial charge on any atom is 0.407 e. The van der Waals surface area contributed by atoms with E-state index < -0.39 is 23.8 Å². The van der Waals surface area contributed by atoms with E-state index in [2.05, 4.69) is 74.0 Å². The average molecular weight is 899 g/mol. The number of ether oxygens (including phenoxy) is 3. The van der Waals surface area contributed by atoms with Gasteiger partial charge in [-0.05, 0) is 83.6 Å². The van der Waals surface area contributed by atoms with Crippen molar-refractivity contribution in [2.45, 2.75) is 56.0 Å². The molecule has 2 aromatic heterocycles. The molecule has 0 spiro atoms. The minimum absolute atomic E-state index is 0.0854. The molecule has 67 heavy (non-hydrogen) atoms. The summed E-state index contributed by atoms with van der Waals surface area (Å²) in [7, 11) is 2.57.